The van der Waals surface area contributed by atoms with Crippen molar-refractivity contribution in [1.82, 2.24) is 10.6 Å². The standard InChI is InChI=1S/C14H19N3O4/c1-9(16-14(15)21)12(18)17-11(13(19)20)8-7-10-5-3-2-4-6-10/h2-6,9,11H,7-8H2,1H3,(H,17,18)(H,19,20)(H3,15,16,21)/t9?,11-/m0/s1. The summed E-state index contributed by atoms with van der Waals surface area (Å²) in [5, 5.41) is 13.7. The molecule has 0 radical (unpaired) electrons. The molecule has 0 spiro atoms. The SMILES string of the molecule is CC(NC(N)=O)C(=O)N[C@@H](CCc1ccccc1)C(=O)O. The monoisotopic (exact) mass is 293 g/mol. The summed E-state index contributed by atoms with van der Waals surface area (Å²) in [7, 11) is 0. The second-order valence-electron chi connectivity index (χ2n) is 4.65. The zero-order valence-electron chi connectivity index (χ0n) is 11.7. The molecule has 7 nitrogen and oxygen atoms in total. The Hall–Kier alpha value is -2.57. The summed E-state index contributed by atoms with van der Waals surface area (Å²) in [6.07, 6.45) is 0.782. The van der Waals surface area contributed by atoms with Crippen molar-refractivity contribution in [2.24, 2.45) is 5.73 Å². The predicted molar refractivity (Wildman–Crippen MR) is 76.5 cm³/mol. The fourth-order valence-electron chi connectivity index (χ4n) is 1.79. The molecule has 21 heavy (non-hydrogen) atoms. The van der Waals surface area contributed by atoms with Crippen molar-refractivity contribution in [3.05, 3.63) is 35.9 Å². The lowest BCUT2D eigenvalue weighted by atomic mass is 10.0. The van der Waals surface area contributed by atoms with E-state index < -0.39 is 30.0 Å². The van der Waals surface area contributed by atoms with E-state index in [1.165, 1.54) is 6.92 Å². The molecule has 0 heterocycles. The number of hydrogen-bond donors (Lipinski definition) is 4. The maximum atomic E-state index is 11.8. The van der Waals surface area contributed by atoms with Crippen LogP contribution in [0.2, 0.25) is 0 Å². The number of urea groups is 1. The van der Waals surface area contributed by atoms with Gasteiger partial charge < -0.3 is 21.5 Å². The zero-order chi connectivity index (χ0) is 15.8. The molecule has 0 aliphatic rings. The first-order chi connectivity index (χ1) is 9.90. The van der Waals surface area contributed by atoms with Crippen LogP contribution in [0.25, 0.3) is 0 Å². The number of hydrogen-bond acceptors (Lipinski definition) is 3. The summed E-state index contributed by atoms with van der Waals surface area (Å²) in [6.45, 7) is 1.43. The Bertz CT molecular complexity index is 504. The van der Waals surface area contributed by atoms with E-state index in [4.69, 9.17) is 10.8 Å². The molecule has 0 fully saturated rings. The largest absolute Gasteiger partial charge is 0.480 e. The van der Waals surface area contributed by atoms with E-state index in [-0.39, 0.29) is 6.42 Å². The molecule has 1 aromatic carbocycles. The molecular weight excluding hydrogens is 274 g/mol. The van der Waals surface area contributed by atoms with Gasteiger partial charge in [0.2, 0.25) is 5.91 Å². The van der Waals surface area contributed by atoms with Crippen LogP contribution < -0.4 is 16.4 Å². The Balaban J connectivity index is 2.55. The van der Waals surface area contributed by atoms with Crippen molar-refractivity contribution in [2.75, 3.05) is 0 Å². The Morgan fingerprint density at radius 2 is 1.81 bits per heavy atom. The number of carbonyl (C=O) groups is 3. The number of amides is 3. The van der Waals surface area contributed by atoms with Gasteiger partial charge >= 0.3 is 12.0 Å². The molecule has 114 valence electrons. The lowest BCUT2D eigenvalue weighted by Crippen LogP contribution is -2.51. The van der Waals surface area contributed by atoms with Crippen LogP contribution in [0.15, 0.2) is 30.3 Å². The average molecular weight is 293 g/mol. The third kappa shape index (κ3) is 5.94. The quantitative estimate of drug-likeness (QED) is 0.575. The number of carboxylic acids is 1. The minimum Gasteiger partial charge on any atom is -0.480 e. The molecule has 0 bridgehead atoms. The van der Waals surface area contributed by atoms with E-state index in [2.05, 4.69) is 10.6 Å². The fourth-order valence-corrected chi connectivity index (χ4v) is 1.79. The summed E-state index contributed by atoms with van der Waals surface area (Å²) in [6, 6.07) is 6.63. The van der Waals surface area contributed by atoms with Gasteiger partial charge in [-0.05, 0) is 25.3 Å². The van der Waals surface area contributed by atoms with Crippen LogP contribution in [0.3, 0.4) is 0 Å². The molecule has 0 saturated heterocycles. The highest BCUT2D eigenvalue weighted by atomic mass is 16.4. The molecule has 0 saturated carbocycles. The number of nitrogens with one attached hydrogen (secondary N) is 2. The lowest BCUT2D eigenvalue weighted by molar-refractivity contribution is -0.142. The fraction of sp³-hybridized carbons (Fsp3) is 0.357. The van der Waals surface area contributed by atoms with Gasteiger partial charge in [-0.3, -0.25) is 4.79 Å². The van der Waals surface area contributed by atoms with Gasteiger partial charge in [0, 0.05) is 0 Å². The van der Waals surface area contributed by atoms with E-state index in [9.17, 15) is 14.4 Å². The molecular formula is C14H19N3O4. The zero-order valence-corrected chi connectivity index (χ0v) is 11.7. The first kappa shape index (κ1) is 16.5. The Morgan fingerprint density at radius 1 is 1.19 bits per heavy atom. The number of carboxylic acid groups (broad SMARTS) is 1. The van der Waals surface area contributed by atoms with E-state index in [0.29, 0.717) is 6.42 Å². The summed E-state index contributed by atoms with van der Waals surface area (Å²) < 4.78 is 0. The minimum atomic E-state index is -1.12. The van der Waals surface area contributed by atoms with Gasteiger partial charge in [0.25, 0.3) is 0 Å². The number of benzene rings is 1. The van der Waals surface area contributed by atoms with Gasteiger partial charge in [0.15, 0.2) is 0 Å². The Labute approximate surface area is 122 Å². The van der Waals surface area contributed by atoms with Crippen LogP contribution >= 0.6 is 0 Å². The molecule has 5 N–H and O–H groups in total. The smallest absolute Gasteiger partial charge is 0.326 e. The number of nitrogens with two attached hydrogens (primary N) is 1. The molecule has 1 rings (SSSR count). The first-order valence-electron chi connectivity index (χ1n) is 6.53. The van der Waals surface area contributed by atoms with E-state index in [1.807, 2.05) is 30.3 Å². The van der Waals surface area contributed by atoms with Crippen molar-refractivity contribution in [3.8, 4) is 0 Å². The van der Waals surface area contributed by atoms with Crippen molar-refractivity contribution in [3.63, 3.8) is 0 Å². The second-order valence-corrected chi connectivity index (χ2v) is 4.65. The number of carbonyl (C=O) groups excluding carboxylic acids is 2. The van der Waals surface area contributed by atoms with E-state index >= 15 is 0 Å². The van der Waals surface area contributed by atoms with Crippen LogP contribution in [-0.4, -0.2) is 35.1 Å². The molecule has 1 unspecified atom stereocenters. The maximum Gasteiger partial charge on any atom is 0.326 e. The lowest BCUT2D eigenvalue weighted by Gasteiger charge is -2.18. The normalized spacial score (nSPS) is 13.0. The summed E-state index contributed by atoms with van der Waals surface area (Å²) >= 11 is 0. The van der Waals surface area contributed by atoms with Gasteiger partial charge in [-0.25, -0.2) is 9.59 Å². The number of primary amides is 1. The highest BCUT2D eigenvalue weighted by molar-refractivity contribution is 5.89. The van der Waals surface area contributed by atoms with Crippen LogP contribution in [0.1, 0.15) is 18.9 Å². The van der Waals surface area contributed by atoms with Gasteiger partial charge in [-0.2, -0.15) is 0 Å². The number of aryl methyl sites for hydroxylation is 1. The van der Waals surface area contributed by atoms with Crippen LogP contribution in [-0.2, 0) is 16.0 Å². The third-order valence-corrected chi connectivity index (χ3v) is 2.93. The number of aliphatic carboxylic acids is 1. The van der Waals surface area contributed by atoms with Crippen molar-refractivity contribution in [2.45, 2.75) is 31.8 Å². The minimum absolute atomic E-state index is 0.258. The van der Waals surface area contributed by atoms with Gasteiger partial charge in [-0.15, -0.1) is 0 Å². The highest BCUT2D eigenvalue weighted by Crippen LogP contribution is 2.05. The van der Waals surface area contributed by atoms with Gasteiger partial charge in [0.05, 0.1) is 0 Å². The molecule has 7 heteroatoms. The Kier molecular flexibility index (Phi) is 6.19. The predicted octanol–water partition coefficient (Wildman–Crippen LogP) is 0.245. The second kappa shape index (κ2) is 7.88. The average Bonchev–Trinajstić information content (AvgIpc) is 2.43. The topological polar surface area (TPSA) is 122 Å². The third-order valence-electron chi connectivity index (χ3n) is 2.93. The summed E-state index contributed by atoms with van der Waals surface area (Å²) in [4.78, 5) is 33.6. The molecule has 3 amide bonds. The van der Waals surface area contributed by atoms with Gasteiger partial charge in [0.1, 0.15) is 12.1 Å². The summed E-state index contributed by atoms with van der Waals surface area (Å²) in [5.41, 5.74) is 5.90. The van der Waals surface area contributed by atoms with E-state index in [0.717, 1.165) is 5.56 Å². The van der Waals surface area contributed by atoms with Crippen molar-refractivity contribution >= 4 is 17.9 Å². The molecule has 0 aliphatic heterocycles. The Morgan fingerprint density at radius 3 is 2.33 bits per heavy atom. The molecule has 0 aliphatic carbocycles. The van der Waals surface area contributed by atoms with Crippen LogP contribution in [0.5, 0.6) is 0 Å². The maximum absolute atomic E-state index is 11.8. The highest BCUT2D eigenvalue weighted by Gasteiger charge is 2.23. The van der Waals surface area contributed by atoms with Crippen molar-refractivity contribution < 1.29 is 19.5 Å². The van der Waals surface area contributed by atoms with Crippen LogP contribution in [0.4, 0.5) is 4.79 Å². The van der Waals surface area contributed by atoms with E-state index in [1.54, 1.807) is 0 Å². The number of rotatable bonds is 7. The molecule has 1 aromatic rings. The first-order valence-corrected chi connectivity index (χ1v) is 6.53. The van der Waals surface area contributed by atoms with Crippen LogP contribution in [0, 0.1) is 0 Å². The molecule has 0 aromatic heterocycles. The van der Waals surface area contributed by atoms with Crippen molar-refractivity contribution in [1.29, 1.82) is 0 Å². The summed E-state index contributed by atoms with van der Waals surface area (Å²) in [5.74, 6) is -1.71. The molecule has 2 atom stereocenters. The van der Waals surface area contributed by atoms with Gasteiger partial charge in [-0.1, -0.05) is 30.3 Å².